The summed E-state index contributed by atoms with van der Waals surface area (Å²) in [6.07, 6.45) is 4.73. The molecule has 0 aliphatic rings. The van der Waals surface area contributed by atoms with Crippen LogP contribution in [0.2, 0.25) is 0 Å². The van der Waals surface area contributed by atoms with E-state index in [2.05, 4.69) is 18.8 Å². The van der Waals surface area contributed by atoms with Gasteiger partial charge in [0.1, 0.15) is 0 Å². The van der Waals surface area contributed by atoms with Gasteiger partial charge >= 0.3 is 0 Å². The third-order valence-electron chi connectivity index (χ3n) is 2.25. The first-order valence-electron chi connectivity index (χ1n) is 5.22. The van der Waals surface area contributed by atoms with Crippen molar-refractivity contribution in [3.8, 4) is 0 Å². The highest BCUT2D eigenvalue weighted by Gasteiger charge is 2.15. The molecule has 1 aromatic heterocycles. The monoisotopic (exact) mass is 193 g/mol. The van der Waals surface area contributed by atoms with Crippen molar-refractivity contribution in [2.45, 2.75) is 34.1 Å². The lowest BCUT2D eigenvalue weighted by Gasteiger charge is -2.07. The number of carbonyl (C=O) groups excluding carboxylic acids is 1. The van der Waals surface area contributed by atoms with Crippen LogP contribution in [-0.2, 0) is 6.42 Å². The molecule has 14 heavy (non-hydrogen) atoms. The van der Waals surface area contributed by atoms with Crippen LogP contribution in [0.3, 0.4) is 0 Å². The molecule has 78 valence electrons. The van der Waals surface area contributed by atoms with E-state index in [1.807, 2.05) is 26.2 Å². The summed E-state index contributed by atoms with van der Waals surface area (Å²) >= 11 is 0. The Morgan fingerprint density at radius 3 is 2.43 bits per heavy atom. The molecule has 0 aliphatic heterocycles. The molecule has 0 fully saturated rings. The largest absolute Gasteiger partial charge is 0.367 e. The van der Waals surface area contributed by atoms with Gasteiger partial charge in [-0.15, -0.1) is 0 Å². The fraction of sp³-hybridized carbons (Fsp3) is 0.583. The summed E-state index contributed by atoms with van der Waals surface area (Å²) in [5.74, 6) is 0.906. The van der Waals surface area contributed by atoms with Gasteiger partial charge in [-0.05, 0) is 17.9 Å². The van der Waals surface area contributed by atoms with E-state index in [0.29, 0.717) is 5.92 Å². The summed E-state index contributed by atoms with van der Waals surface area (Å²) in [4.78, 5) is 14.8. The van der Waals surface area contributed by atoms with Gasteiger partial charge in [-0.25, -0.2) is 0 Å². The molecular formula is C12H19NO. The number of nitrogens with one attached hydrogen (secondary N) is 1. The number of carbonyl (C=O) groups is 1. The standard InChI is InChI=1S/C12H19NO/c1-8(2)5-10-6-13-7-11(10)12(14)9(3)4/h6-9,13H,5H2,1-4H3. The number of ketones is 1. The van der Waals surface area contributed by atoms with Gasteiger partial charge in [-0.2, -0.15) is 0 Å². The predicted molar refractivity (Wildman–Crippen MR) is 58.5 cm³/mol. The van der Waals surface area contributed by atoms with Crippen molar-refractivity contribution in [2.24, 2.45) is 11.8 Å². The highest BCUT2D eigenvalue weighted by molar-refractivity contribution is 5.98. The minimum absolute atomic E-state index is 0.0803. The average molecular weight is 193 g/mol. The third-order valence-corrected chi connectivity index (χ3v) is 2.25. The minimum Gasteiger partial charge on any atom is -0.367 e. The summed E-state index contributed by atoms with van der Waals surface area (Å²) in [5.41, 5.74) is 2.02. The van der Waals surface area contributed by atoms with E-state index in [1.165, 1.54) is 0 Å². The number of rotatable bonds is 4. The van der Waals surface area contributed by atoms with Gasteiger partial charge in [-0.1, -0.05) is 27.7 Å². The number of Topliss-reactive ketones (excluding diaryl/α,β-unsaturated/α-hetero) is 1. The van der Waals surface area contributed by atoms with Gasteiger partial charge in [0.15, 0.2) is 5.78 Å². The third kappa shape index (κ3) is 2.47. The molecule has 0 saturated carbocycles. The molecule has 2 nitrogen and oxygen atoms in total. The first-order valence-corrected chi connectivity index (χ1v) is 5.22. The summed E-state index contributed by atoms with van der Waals surface area (Å²) in [6.45, 7) is 8.20. The molecule has 1 N–H and O–H groups in total. The zero-order chi connectivity index (χ0) is 10.7. The molecule has 0 atom stereocenters. The van der Waals surface area contributed by atoms with Crippen LogP contribution in [0.15, 0.2) is 12.4 Å². The van der Waals surface area contributed by atoms with Crippen molar-refractivity contribution in [1.29, 1.82) is 0 Å². The Hall–Kier alpha value is -1.05. The van der Waals surface area contributed by atoms with Gasteiger partial charge in [0.2, 0.25) is 0 Å². The highest BCUT2D eigenvalue weighted by atomic mass is 16.1. The lowest BCUT2D eigenvalue weighted by molar-refractivity contribution is 0.0938. The average Bonchev–Trinajstić information content (AvgIpc) is 2.49. The number of aromatic amines is 1. The summed E-state index contributed by atoms with van der Waals surface area (Å²) < 4.78 is 0. The van der Waals surface area contributed by atoms with Gasteiger partial charge in [-0.3, -0.25) is 4.79 Å². The fourth-order valence-corrected chi connectivity index (χ4v) is 1.55. The molecule has 1 aromatic rings. The molecule has 0 saturated heterocycles. The summed E-state index contributed by atoms with van der Waals surface area (Å²) in [6, 6.07) is 0. The first-order chi connectivity index (χ1) is 6.52. The van der Waals surface area contributed by atoms with Crippen LogP contribution in [0.1, 0.15) is 43.6 Å². The maximum atomic E-state index is 11.8. The topological polar surface area (TPSA) is 32.9 Å². The summed E-state index contributed by atoms with van der Waals surface area (Å²) in [7, 11) is 0. The number of hydrogen-bond acceptors (Lipinski definition) is 1. The molecule has 0 aliphatic carbocycles. The second kappa shape index (κ2) is 4.45. The van der Waals surface area contributed by atoms with E-state index in [1.54, 1.807) is 0 Å². The molecule has 1 heterocycles. The molecule has 2 heteroatoms. The lowest BCUT2D eigenvalue weighted by Crippen LogP contribution is -2.09. The van der Waals surface area contributed by atoms with Crippen LogP contribution in [0.25, 0.3) is 0 Å². The van der Waals surface area contributed by atoms with E-state index in [-0.39, 0.29) is 11.7 Å². The van der Waals surface area contributed by atoms with E-state index in [4.69, 9.17) is 0 Å². The van der Waals surface area contributed by atoms with E-state index < -0.39 is 0 Å². The van der Waals surface area contributed by atoms with Crippen molar-refractivity contribution in [2.75, 3.05) is 0 Å². The zero-order valence-electron chi connectivity index (χ0n) is 9.42. The smallest absolute Gasteiger partial charge is 0.167 e. The number of hydrogen-bond donors (Lipinski definition) is 1. The molecule has 0 bridgehead atoms. The predicted octanol–water partition coefficient (Wildman–Crippen LogP) is 3.05. The van der Waals surface area contributed by atoms with E-state index in [9.17, 15) is 4.79 Å². The molecule has 0 radical (unpaired) electrons. The molecular weight excluding hydrogens is 174 g/mol. The normalized spacial score (nSPS) is 11.3. The molecule has 1 rings (SSSR count). The molecule has 0 spiro atoms. The Bertz CT molecular complexity index is 310. The zero-order valence-corrected chi connectivity index (χ0v) is 9.42. The second-order valence-electron chi connectivity index (χ2n) is 4.51. The van der Waals surface area contributed by atoms with Crippen molar-refractivity contribution in [3.63, 3.8) is 0 Å². The van der Waals surface area contributed by atoms with Crippen molar-refractivity contribution >= 4 is 5.78 Å². The van der Waals surface area contributed by atoms with Gasteiger partial charge in [0.25, 0.3) is 0 Å². The van der Waals surface area contributed by atoms with Crippen LogP contribution in [0.5, 0.6) is 0 Å². The van der Waals surface area contributed by atoms with E-state index in [0.717, 1.165) is 17.5 Å². The fourth-order valence-electron chi connectivity index (χ4n) is 1.55. The van der Waals surface area contributed by atoms with E-state index >= 15 is 0 Å². The van der Waals surface area contributed by atoms with Crippen molar-refractivity contribution < 1.29 is 4.79 Å². The Morgan fingerprint density at radius 2 is 1.93 bits per heavy atom. The second-order valence-corrected chi connectivity index (χ2v) is 4.51. The van der Waals surface area contributed by atoms with Gasteiger partial charge in [0, 0.05) is 23.9 Å². The van der Waals surface area contributed by atoms with Gasteiger partial charge in [0.05, 0.1) is 0 Å². The van der Waals surface area contributed by atoms with Crippen molar-refractivity contribution in [1.82, 2.24) is 4.98 Å². The minimum atomic E-state index is 0.0803. The Balaban J connectivity index is 2.87. The molecule has 0 unspecified atom stereocenters. The quantitative estimate of drug-likeness (QED) is 0.732. The van der Waals surface area contributed by atoms with Crippen LogP contribution in [0.4, 0.5) is 0 Å². The van der Waals surface area contributed by atoms with Crippen LogP contribution in [0, 0.1) is 11.8 Å². The SMILES string of the molecule is CC(C)Cc1c[nH]cc1C(=O)C(C)C. The summed E-state index contributed by atoms with van der Waals surface area (Å²) in [5, 5.41) is 0. The highest BCUT2D eigenvalue weighted by Crippen LogP contribution is 2.16. The lowest BCUT2D eigenvalue weighted by atomic mass is 9.96. The number of H-pyrrole nitrogens is 1. The Labute approximate surface area is 85.7 Å². The maximum absolute atomic E-state index is 11.8. The first kappa shape index (κ1) is 11.0. The Kier molecular flexibility index (Phi) is 3.50. The molecule has 0 amide bonds. The maximum Gasteiger partial charge on any atom is 0.167 e. The van der Waals surface area contributed by atoms with Gasteiger partial charge < -0.3 is 4.98 Å². The van der Waals surface area contributed by atoms with Crippen molar-refractivity contribution in [3.05, 3.63) is 23.5 Å². The van der Waals surface area contributed by atoms with Crippen LogP contribution in [-0.4, -0.2) is 10.8 Å². The Morgan fingerprint density at radius 1 is 1.29 bits per heavy atom. The van der Waals surface area contributed by atoms with Crippen LogP contribution >= 0.6 is 0 Å². The molecule has 0 aromatic carbocycles. The van der Waals surface area contributed by atoms with Crippen LogP contribution < -0.4 is 0 Å². The number of aromatic nitrogens is 1.